The van der Waals surface area contributed by atoms with Crippen molar-refractivity contribution >= 4 is 11.6 Å². The normalized spacial score (nSPS) is 18.9. The molecule has 18 heavy (non-hydrogen) atoms. The summed E-state index contributed by atoms with van der Waals surface area (Å²) in [6, 6.07) is 9.54. The van der Waals surface area contributed by atoms with E-state index < -0.39 is 0 Å². The first kappa shape index (κ1) is 12.6. The fourth-order valence-corrected chi connectivity index (χ4v) is 2.12. The molecule has 1 heterocycles. The van der Waals surface area contributed by atoms with Crippen molar-refractivity contribution in [2.75, 3.05) is 18.4 Å². The van der Waals surface area contributed by atoms with Gasteiger partial charge in [0.1, 0.15) is 0 Å². The van der Waals surface area contributed by atoms with Crippen LogP contribution in [-0.2, 0) is 11.2 Å². The van der Waals surface area contributed by atoms with Gasteiger partial charge in [0.15, 0.2) is 0 Å². The van der Waals surface area contributed by atoms with Gasteiger partial charge in [0, 0.05) is 12.2 Å². The van der Waals surface area contributed by atoms with E-state index in [-0.39, 0.29) is 11.8 Å². The Hall–Kier alpha value is -1.86. The van der Waals surface area contributed by atoms with Crippen LogP contribution in [0.2, 0.25) is 0 Å². The highest BCUT2D eigenvalue weighted by Crippen LogP contribution is 2.15. The molecule has 4 nitrogen and oxygen atoms in total. The first-order valence-corrected chi connectivity index (χ1v) is 6.27. The molecule has 1 aliphatic heterocycles. The molecule has 0 bridgehead atoms. The van der Waals surface area contributed by atoms with Gasteiger partial charge >= 0.3 is 0 Å². The summed E-state index contributed by atoms with van der Waals surface area (Å²) in [7, 11) is 0. The van der Waals surface area contributed by atoms with E-state index in [1.165, 1.54) is 0 Å². The van der Waals surface area contributed by atoms with Gasteiger partial charge in [0.25, 0.3) is 0 Å². The van der Waals surface area contributed by atoms with Crippen LogP contribution in [0.25, 0.3) is 0 Å². The van der Waals surface area contributed by atoms with E-state index in [1.54, 1.807) is 0 Å². The molecule has 1 saturated heterocycles. The molecular weight excluding hydrogens is 226 g/mol. The number of carbonyl (C=O) groups excluding carboxylic acids is 1. The van der Waals surface area contributed by atoms with Crippen molar-refractivity contribution < 1.29 is 4.79 Å². The molecular formula is C14H17N3O. The lowest BCUT2D eigenvalue weighted by atomic mass is 9.99. The zero-order valence-electron chi connectivity index (χ0n) is 10.3. The van der Waals surface area contributed by atoms with Crippen LogP contribution in [0.15, 0.2) is 24.3 Å². The number of carbonyl (C=O) groups is 1. The lowest BCUT2D eigenvalue weighted by Gasteiger charge is -2.21. The van der Waals surface area contributed by atoms with Crippen molar-refractivity contribution in [1.29, 1.82) is 5.26 Å². The van der Waals surface area contributed by atoms with Crippen LogP contribution in [0.3, 0.4) is 0 Å². The maximum atomic E-state index is 12.0. The molecule has 1 aromatic carbocycles. The quantitative estimate of drug-likeness (QED) is 0.849. The van der Waals surface area contributed by atoms with Crippen LogP contribution >= 0.6 is 0 Å². The maximum absolute atomic E-state index is 12.0. The van der Waals surface area contributed by atoms with Gasteiger partial charge in [-0.05, 0) is 37.1 Å². The topological polar surface area (TPSA) is 64.9 Å². The first-order chi connectivity index (χ1) is 8.79. The summed E-state index contributed by atoms with van der Waals surface area (Å²) in [6.45, 7) is 1.77. The Kier molecular flexibility index (Phi) is 4.32. The molecule has 0 radical (unpaired) electrons. The smallest absolute Gasteiger partial charge is 0.228 e. The van der Waals surface area contributed by atoms with Crippen molar-refractivity contribution in [2.24, 2.45) is 5.92 Å². The number of piperidine rings is 1. The van der Waals surface area contributed by atoms with Crippen molar-refractivity contribution in [3.63, 3.8) is 0 Å². The molecule has 0 aliphatic carbocycles. The number of anilines is 1. The summed E-state index contributed by atoms with van der Waals surface area (Å²) in [5.41, 5.74) is 1.77. The number of nitrogens with zero attached hydrogens (tertiary/aromatic N) is 1. The highest BCUT2D eigenvalue weighted by molar-refractivity contribution is 5.92. The van der Waals surface area contributed by atoms with Crippen LogP contribution in [-0.4, -0.2) is 19.0 Å². The predicted molar refractivity (Wildman–Crippen MR) is 70.0 cm³/mol. The standard InChI is InChI=1S/C14H17N3O/c15-8-7-11-3-5-13(6-4-11)17-14(18)12-2-1-9-16-10-12/h3-6,12,16H,1-2,7,9-10H2,(H,17,18)/t12-/m1/s1. The minimum Gasteiger partial charge on any atom is -0.326 e. The molecule has 2 N–H and O–H groups in total. The van der Waals surface area contributed by atoms with E-state index in [4.69, 9.17) is 5.26 Å². The van der Waals surface area contributed by atoms with E-state index in [1.807, 2.05) is 24.3 Å². The minimum absolute atomic E-state index is 0.0672. The van der Waals surface area contributed by atoms with E-state index in [0.29, 0.717) is 6.42 Å². The zero-order chi connectivity index (χ0) is 12.8. The van der Waals surface area contributed by atoms with Crippen LogP contribution in [0, 0.1) is 17.2 Å². The Morgan fingerprint density at radius 1 is 1.44 bits per heavy atom. The molecule has 1 amide bonds. The summed E-state index contributed by atoms with van der Waals surface area (Å²) in [5.74, 6) is 0.146. The van der Waals surface area contributed by atoms with Gasteiger partial charge in [-0.1, -0.05) is 12.1 Å². The van der Waals surface area contributed by atoms with Gasteiger partial charge < -0.3 is 10.6 Å². The molecule has 1 fully saturated rings. The summed E-state index contributed by atoms with van der Waals surface area (Å²) < 4.78 is 0. The molecule has 4 heteroatoms. The van der Waals surface area contributed by atoms with Crippen LogP contribution in [0.1, 0.15) is 18.4 Å². The average Bonchev–Trinajstić information content (AvgIpc) is 2.42. The maximum Gasteiger partial charge on any atom is 0.228 e. The van der Waals surface area contributed by atoms with Crippen molar-refractivity contribution in [3.8, 4) is 6.07 Å². The highest BCUT2D eigenvalue weighted by Gasteiger charge is 2.20. The van der Waals surface area contributed by atoms with Gasteiger partial charge in [0.05, 0.1) is 18.4 Å². The number of nitriles is 1. The first-order valence-electron chi connectivity index (χ1n) is 6.27. The molecule has 0 aromatic heterocycles. The number of rotatable bonds is 3. The second-order valence-corrected chi connectivity index (χ2v) is 4.56. The molecule has 94 valence electrons. The number of amides is 1. The molecule has 1 aromatic rings. The number of hydrogen-bond donors (Lipinski definition) is 2. The Balaban J connectivity index is 1.92. The highest BCUT2D eigenvalue weighted by atomic mass is 16.1. The summed E-state index contributed by atoms with van der Waals surface area (Å²) in [5, 5.41) is 14.7. The molecule has 0 spiro atoms. The van der Waals surface area contributed by atoms with Gasteiger partial charge in [-0.3, -0.25) is 4.79 Å². The summed E-state index contributed by atoms with van der Waals surface area (Å²) in [6.07, 6.45) is 2.41. The summed E-state index contributed by atoms with van der Waals surface area (Å²) in [4.78, 5) is 12.0. The van der Waals surface area contributed by atoms with Crippen LogP contribution in [0.5, 0.6) is 0 Å². The van der Waals surface area contributed by atoms with Gasteiger partial charge in [-0.25, -0.2) is 0 Å². The lowest BCUT2D eigenvalue weighted by molar-refractivity contribution is -0.120. The molecule has 2 rings (SSSR count). The van der Waals surface area contributed by atoms with Gasteiger partial charge in [-0.15, -0.1) is 0 Å². The largest absolute Gasteiger partial charge is 0.326 e. The SMILES string of the molecule is N#CCc1ccc(NC(=O)[C@@H]2CCCNC2)cc1. The van der Waals surface area contributed by atoms with Crippen molar-refractivity contribution in [2.45, 2.75) is 19.3 Å². The Bertz CT molecular complexity index is 441. The monoisotopic (exact) mass is 243 g/mol. The zero-order valence-corrected chi connectivity index (χ0v) is 10.3. The average molecular weight is 243 g/mol. The fourth-order valence-electron chi connectivity index (χ4n) is 2.12. The van der Waals surface area contributed by atoms with Crippen LogP contribution in [0.4, 0.5) is 5.69 Å². The van der Waals surface area contributed by atoms with E-state index in [0.717, 1.165) is 37.2 Å². The van der Waals surface area contributed by atoms with Crippen molar-refractivity contribution in [3.05, 3.63) is 29.8 Å². The van der Waals surface area contributed by atoms with E-state index in [2.05, 4.69) is 16.7 Å². The molecule has 0 unspecified atom stereocenters. The Labute approximate surface area is 107 Å². The second-order valence-electron chi connectivity index (χ2n) is 4.56. The van der Waals surface area contributed by atoms with Gasteiger partial charge in [0.2, 0.25) is 5.91 Å². The lowest BCUT2D eigenvalue weighted by Crippen LogP contribution is -2.37. The third-order valence-electron chi connectivity index (χ3n) is 3.17. The van der Waals surface area contributed by atoms with E-state index in [9.17, 15) is 4.79 Å². The predicted octanol–water partition coefficient (Wildman–Crippen LogP) is 1.69. The Morgan fingerprint density at radius 2 is 2.22 bits per heavy atom. The summed E-state index contributed by atoms with van der Waals surface area (Å²) >= 11 is 0. The fraction of sp³-hybridized carbons (Fsp3) is 0.429. The number of hydrogen-bond acceptors (Lipinski definition) is 3. The van der Waals surface area contributed by atoms with Gasteiger partial charge in [-0.2, -0.15) is 5.26 Å². The number of nitrogens with one attached hydrogen (secondary N) is 2. The van der Waals surface area contributed by atoms with E-state index >= 15 is 0 Å². The molecule has 1 atom stereocenters. The molecule has 1 aliphatic rings. The Morgan fingerprint density at radius 3 is 2.83 bits per heavy atom. The third kappa shape index (κ3) is 3.31. The third-order valence-corrected chi connectivity index (χ3v) is 3.17. The van der Waals surface area contributed by atoms with Crippen LogP contribution < -0.4 is 10.6 Å². The minimum atomic E-state index is 0.0672. The second kappa shape index (κ2) is 6.18. The number of benzene rings is 1. The molecule has 0 saturated carbocycles. The van der Waals surface area contributed by atoms with Crippen molar-refractivity contribution in [1.82, 2.24) is 5.32 Å².